The third kappa shape index (κ3) is 2.52. The number of carbonyl (C=O) groups is 1. The van der Waals surface area contributed by atoms with Gasteiger partial charge in [0.25, 0.3) is 5.91 Å². The number of amides is 1. The second kappa shape index (κ2) is 5.00. The van der Waals surface area contributed by atoms with E-state index < -0.39 is 0 Å². The number of nitrogen functional groups attached to an aromatic ring is 1. The van der Waals surface area contributed by atoms with E-state index in [9.17, 15) is 4.79 Å². The van der Waals surface area contributed by atoms with Crippen LogP contribution >= 0.6 is 0 Å². The van der Waals surface area contributed by atoms with Gasteiger partial charge in [0.15, 0.2) is 5.69 Å². The van der Waals surface area contributed by atoms with E-state index in [2.05, 4.69) is 10.4 Å². The Hall–Kier alpha value is -2.30. The second-order valence-electron chi connectivity index (χ2n) is 5.30. The first-order chi connectivity index (χ1) is 9.65. The van der Waals surface area contributed by atoms with Crippen LogP contribution in [0.25, 0.3) is 5.69 Å². The van der Waals surface area contributed by atoms with Crippen molar-refractivity contribution >= 4 is 11.6 Å². The molecule has 0 radical (unpaired) electrons. The predicted octanol–water partition coefficient (Wildman–Crippen LogP) is 1.98. The average Bonchev–Trinajstić information content (AvgIpc) is 3.17. The van der Waals surface area contributed by atoms with Crippen LogP contribution in [0.15, 0.2) is 36.5 Å². The molecule has 1 amide bonds. The number of anilines is 1. The normalized spacial score (nSPS) is 15.8. The quantitative estimate of drug-likeness (QED) is 0.834. The number of para-hydroxylation sites is 2. The van der Waals surface area contributed by atoms with Crippen LogP contribution in [0.3, 0.4) is 0 Å². The number of carbonyl (C=O) groups excluding carboxylic acids is 1. The maximum Gasteiger partial charge on any atom is 0.272 e. The first-order valence-electron chi connectivity index (χ1n) is 6.86. The number of nitrogens with one attached hydrogen (secondary N) is 1. The van der Waals surface area contributed by atoms with Gasteiger partial charge in [-0.2, -0.15) is 5.10 Å². The molecule has 1 aromatic heterocycles. The monoisotopic (exact) mass is 270 g/mol. The highest BCUT2D eigenvalue weighted by Gasteiger charge is 2.29. The first kappa shape index (κ1) is 12.7. The Bertz CT molecular complexity index is 630. The molecule has 2 aromatic rings. The number of nitrogens with two attached hydrogens (primary N) is 1. The molecule has 1 fully saturated rings. The summed E-state index contributed by atoms with van der Waals surface area (Å²) in [6, 6.07) is 9.37. The van der Waals surface area contributed by atoms with E-state index in [1.54, 1.807) is 16.9 Å². The minimum Gasteiger partial charge on any atom is -0.397 e. The lowest BCUT2D eigenvalue weighted by atomic mass is 10.2. The highest BCUT2D eigenvalue weighted by molar-refractivity contribution is 5.92. The van der Waals surface area contributed by atoms with E-state index in [0.29, 0.717) is 17.3 Å². The van der Waals surface area contributed by atoms with Gasteiger partial charge in [0, 0.05) is 12.2 Å². The minimum atomic E-state index is -0.127. The molecule has 0 bridgehead atoms. The van der Waals surface area contributed by atoms with Crippen LogP contribution in [0.1, 0.15) is 30.3 Å². The summed E-state index contributed by atoms with van der Waals surface area (Å²) in [6.07, 6.45) is 4.16. The molecule has 3 N–H and O–H groups in total. The number of hydrogen-bond donors (Lipinski definition) is 2. The maximum atomic E-state index is 12.1. The van der Waals surface area contributed by atoms with Crippen molar-refractivity contribution in [2.24, 2.45) is 5.92 Å². The molecule has 1 aliphatic carbocycles. The molecule has 0 saturated heterocycles. The van der Waals surface area contributed by atoms with Gasteiger partial charge in [-0.15, -0.1) is 0 Å². The average molecular weight is 270 g/mol. The third-order valence-corrected chi connectivity index (χ3v) is 3.69. The lowest BCUT2D eigenvalue weighted by molar-refractivity contribution is 0.0930. The van der Waals surface area contributed by atoms with Crippen molar-refractivity contribution in [3.8, 4) is 5.69 Å². The van der Waals surface area contributed by atoms with Crippen molar-refractivity contribution in [2.45, 2.75) is 25.8 Å². The topological polar surface area (TPSA) is 72.9 Å². The summed E-state index contributed by atoms with van der Waals surface area (Å²) >= 11 is 0. The number of benzene rings is 1. The first-order valence-corrected chi connectivity index (χ1v) is 6.86. The molecule has 3 rings (SSSR count). The largest absolute Gasteiger partial charge is 0.397 e. The van der Waals surface area contributed by atoms with E-state index in [0.717, 1.165) is 5.69 Å². The zero-order chi connectivity index (χ0) is 14.1. The van der Waals surface area contributed by atoms with Gasteiger partial charge in [-0.25, -0.2) is 4.68 Å². The van der Waals surface area contributed by atoms with Gasteiger partial charge in [-0.1, -0.05) is 12.1 Å². The minimum absolute atomic E-state index is 0.127. The van der Waals surface area contributed by atoms with Crippen molar-refractivity contribution in [2.75, 3.05) is 5.73 Å². The Balaban J connectivity index is 1.76. The van der Waals surface area contributed by atoms with Gasteiger partial charge < -0.3 is 11.1 Å². The van der Waals surface area contributed by atoms with E-state index in [1.165, 1.54) is 12.8 Å². The lowest BCUT2D eigenvalue weighted by Gasteiger charge is -2.11. The maximum absolute atomic E-state index is 12.1. The summed E-state index contributed by atoms with van der Waals surface area (Å²) in [5.74, 6) is 0.503. The molecular formula is C15H18N4O. The van der Waals surface area contributed by atoms with E-state index in [-0.39, 0.29) is 11.9 Å². The van der Waals surface area contributed by atoms with Crippen LogP contribution in [0.4, 0.5) is 5.69 Å². The SMILES string of the molecule is CC(NC(=O)c1ccn(-c2ccccc2N)n1)C1CC1. The van der Waals surface area contributed by atoms with Crippen LogP contribution in [0, 0.1) is 5.92 Å². The van der Waals surface area contributed by atoms with Gasteiger partial charge in [0.2, 0.25) is 0 Å². The predicted molar refractivity (Wildman–Crippen MR) is 77.6 cm³/mol. The zero-order valence-corrected chi connectivity index (χ0v) is 11.4. The molecule has 1 atom stereocenters. The molecule has 1 saturated carbocycles. The Morgan fingerprint density at radius 1 is 1.40 bits per heavy atom. The van der Waals surface area contributed by atoms with Crippen LogP contribution in [0.5, 0.6) is 0 Å². The molecular weight excluding hydrogens is 252 g/mol. The molecule has 0 spiro atoms. The number of hydrogen-bond acceptors (Lipinski definition) is 3. The van der Waals surface area contributed by atoms with Crippen molar-refractivity contribution in [3.05, 3.63) is 42.2 Å². The summed E-state index contributed by atoms with van der Waals surface area (Å²) in [4.78, 5) is 12.1. The van der Waals surface area contributed by atoms with E-state index in [4.69, 9.17) is 5.73 Å². The third-order valence-electron chi connectivity index (χ3n) is 3.69. The molecule has 1 unspecified atom stereocenters. The highest BCUT2D eigenvalue weighted by atomic mass is 16.2. The molecule has 20 heavy (non-hydrogen) atoms. The van der Waals surface area contributed by atoms with Gasteiger partial charge >= 0.3 is 0 Å². The van der Waals surface area contributed by atoms with Crippen LogP contribution in [-0.2, 0) is 0 Å². The van der Waals surface area contributed by atoms with Gasteiger partial charge in [0.05, 0.1) is 11.4 Å². The van der Waals surface area contributed by atoms with Crippen molar-refractivity contribution < 1.29 is 4.79 Å². The Morgan fingerprint density at radius 2 is 2.15 bits per heavy atom. The molecule has 0 aliphatic heterocycles. The molecule has 1 aliphatic rings. The van der Waals surface area contributed by atoms with Gasteiger partial charge in [0.1, 0.15) is 0 Å². The number of rotatable bonds is 4. The summed E-state index contributed by atoms with van der Waals surface area (Å²) < 4.78 is 1.63. The van der Waals surface area contributed by atoms with Crippen LogP contribution < -0.4 is 11.1 Å². The lowest BCUT2D eigenvalue weighted by Crippen LogP contribution is -2.34. The Labute approximate surface area is 117 Å². The van der Waals surface area contributed by atoms with E-state index in [1.807, 2.05) is 31.2 Å². The summed E-state index contributed by atoms with van der Waals surface area (Å²) in [7, 11) is 0. The second-order valence-corrected chi connectivity index (χ2v) is 5.30. The van der Waals surface area contributed by atoms with E-state index >= 15 is 0 Å². The smallest absolute Gasteiger partial charge is 0.272 e. The zero-order valence-electron chi connectivity index (χ0n) is 11.4. The summed E-state index contributed by atoms with van der Waals surface area (Å²) in [6.45, 7) is 2.04. The highest BCUT2D eigenvalue weighted by Crippen LogP contribution is 2.32. The standard InChI is InChI=1S/C15H18N4O/c1-10(11-6-7-11)17-15(20)13-8-9-19(18-13)14-5-3-2-4-12(14)16/h2-5,8-11H,6-7,16H2,1H3,(H,17,20). The summed E-state index contributed by atoms with van der Waals surface area (Å²) in [5, 5.41) is 7.29. The van der Waals surface area contributed by atoms with Crippen LogP contribution in [-0.4, -0.2) is 21.7 Å². The fourth-order valence-electron chi connectivity index (χ4n) is 2.27. The molecule has 104 valence electrons. The fraction of sp³-hybridized carbons (Fsp3) is 0.333. The Morgan fingerprint density at radius 3 is 2.85 bits per heavy atom. The van der Waals surface area contributed by atoms with Gasteiger partial charge in [-0.05, 0) is 43.9 Å². The Kier molecular flexibility index (Phi) is 3.18. The van der Waals surface area contributed by atoms with Gasteiger partial charge in [-0.3, -0.25) is 4.79 Å². The molecule has 5 heteroatoms. The van der Waals surface area contributed by atoms with Crippen LogP contribution in [0.2, 0.25) is 0 Å². The molecule has 1 heterocycles. The number of aromatic nitrogens is 2. The van der Waals surface area contributed by atoms with Crippen molar-refractivity contribution in [1.29, 1.82) is 0 Å². The van der Waals surface area contributed by atoms with Crippen molar-refractivity contribution in [3.63, 3.8) is 0 Å². The fourth-order valence-corrected chi connectivity index (χ4v) is 2.27. The molecule has 5 nitrogen and oxygen atoms in total. The van der Waals surface area contributed by atoms with Crippen molar-refractivity contribution in [1.82, 2.24) is 15.1 Å². The molecule has 1 aromatic carbocycles. The number of nitrogens with zero attached hydrogens (tertiary/aromatic N) is 2. The summed E-state index contributed by atoms with van der Waals surface area (Å²) in [5.41, 5.74) is 7.74.